The summed E-state index contributed by atoms with van der Waals surface area (Å²) in [6.07, 6.45) is 1.43. The third-order valence-electron chi connectivity index (χ3n) is 4.80. The number of nitrogens with one attached hydrogen (secondary N) is 1. The molecule has 7 heteroatoms. The number of piperidine rings is 1. The molecule has 3 rings (SSSR count). The number of esters is 1. The maximum Gasteiger partial charge on any atom is 0.308 e. The number of nitrogens with zero attached hydrogens (tertiary/aromatic N) is 1. The number of amides is 1. The number of fused-ring (bicyclic) bond motifs is 1. The Morgan fingerprint density at radius 3 is 2.56 bits per heavy atom. The Balaban J connectivity index is 1.55. The minimum absolute atomic E-state index is 0.0608. The molecule has 25 heavy (non-hydrogen) atoms. The first-order valence-corrected chi connectivity index (χ1v) is 8.61. The van der Waals surface area contributed by atoms with Crippen LogP contribution in [0.15, 0.2) is 18.2 Å². The molecule has 0 radical (unpaired) electrons. The maximum atomic E-state index is 12.5. The van der Waals surface area contributed by atoms with Crippen LogP contribution in [0, 0.1) is 5.92 Å². The first-order valence-electron chi connectivity index (χ1n) is 8.61. The molecule has 1 aromatic carbocycles. The SMILES string of the molecule is COC(=O)C1CCN([C@H](C)C(=O)Nc2ccc3c(c2)OCCO3)CC1. The number of methoxy groups -OCH3 is 1. The lowest BCUT2D eigenvalue weighted by atomic mass is 9.96. The number of carbonyl (C=O) groups excluding carboxylic acids is 2. The van der Waals surface area contributed by atoms with Crippen LogP contribution in [0.2, 0.25) is 0 Å². The summed E-state index contributed by atoms with van der Waals surface area (Å²) in [4.78, 5) is 26.2. The van der Waals surface area contributed by atoms with Gasteiger partial charge in [-0.3, -0.25) is 14.5 Å². The lowest BCUT2D eigenvalue weighted by Crippen LogP contribution is -2.47. The van der Waals surface area contributed by atoms with Crippen molar-refractivity contribution in [3.8, 4) is 11.5 Å². The number of hydrogen-bond donors (Lipinski definition) is 1. The summed E-state index contributed by atoms with van der Waals surface area (Å²) in [5.41, 5.74) is 0.686. The monoisotopic (exact) mass is 348 g/mol. The molecular formula is C18H24N2O5. The summed E-state index contributed by atoms with van der Waals surface area (Å²) in [5, 5.41) is 2.93. The molecule has 1 saturated heterocycles. The molecule has 0 unspecified atom stereocenters. The Morgan fingerprint density at radius 1 is 1.20 bits per heavy atom. The molecule has 0 bridgehead atoms. The molecule has 0 aliphatic carbocycles. The van der Waals surface area contributed by atoms with E-state index in [0.29, 0.717) is 56.3 Å². The van der Waals surface area contributed by atoms with Gasteiger partial charge in [0.15, 0.2) is 11.5 Å². The molecule has 0 saturated carbocycles. The Hall–Kier alpha value is -2.28. The quantitative estimate of drug-likeness (QED) is 0.834. The van der Waals surface area contributed by atoms with Gasteiger partial charge >= 0.3 is 5.97 Å². The summed E-state index contributed by atoms with van der Waals surface area (Å²) in [6.45, 7) is 4.34. The summed E-state index contributed by atoms with van der Waals surface area (Å²) < 4.78 is 15.8. The number of benzene rings is 1. The second-order valence-electron chi connectivity index (χ2n) is 6.36. The first kappa shape index (κ1) is 17.5. The smallest absolute Gasteiger partial charge is 0.308 e. The van der Waals surface area contributed by atoms with Crippen LogP contribution in [0.25, 0.3) is 0 Å². The largest absolute Gasteiger partial charge is 0.486 e. The second-order valence-corrected chi connectivity index (χ2v) is 6.36. The van der Waals surface area contributed by atoms with E-state index < -0.39 is 0 Å². The molecule has 1 amide bonds. The van der Waals surface area contributed by atoms with E-state index in [2.05, 4.69) is 10.2 Å². The first-order chi connectivity index (χ1) is 12.1. The van der Waals surface area contributed by atoms with Gasteiger partial charge in [-0.25, -0.2) is 0 Å². The second kappa shape index (κ2) is 7.74. The van der Waals surface area contributed by atoms with Crippen molar-refractivity contribution >= 4 is 17.6 Å². The van der Waals surface area contributed by atoms with Crippen molar-refractivity contribution in [2.24, 2.45) is 5.92 Å². The maximum absolute atomic E-state index is 12.5. The number of ether oxygens (including phenoxy) is 3. The molecule has 1 N–H and O–H groups in total. The van der Waals surface area contributed by atoms with Crippen LogP contribution in [0.1, 0.15) is 19.8 Å². The van der Waals surface area contributed by atoms with Crippen LogP contribution in [0.5, 0.6) is 11.5 Å². The highest BCUT2D eigenvalue weighted by Crippen LogP contribution is 2.32. The summed E-state index contributed by atoms with van der Waals surface area (Å²) in [5.74, 6) is 1.05. The molecule has 0 spiro atoms. The number of rotatable bonds is 4. The van der Waals surface area contributed by atoms with Crippen LogP contribution >= 0.6 is 0 Å². The Kier molecular flexibility index (Phi) is 5.43. The molecule has 2 heterocycles. The van der Waals surface area contributed by atoms with Crippen molar-refractivity contribution in [3.63, 3.8) is 0 Å². The summed E-state index contributed by atoms with van der Waals surface area (Å²) >= 11 is 0. The van der Waals surface area contributed by atoms with Gasteiger partial charge in [-0.15, -0.1) is 0 Å². The van der Waals surface area contributed by atoms with Gasteiger partial charge in [0.05, 0.1) is 19.1 Å². The Morgan fingerprint density at radius 2 is 1.88 bits per heavy atom. The van der Waals surface area contributed by atoms with E-state index in [4.69, 9.17) is 14.2 Å². The lowest BCUT2D eigenvalue weighted by Gasteiger charge is -2.34. The van der Waals surface area contributed by atoms with Crippen LogP contribution in [0.4, 0.5) is 5.69 Å². The molecule has 7 nitrogen and oxygen atoms in total. The zero-order valence-corrected chi connectivity index (χ0v) is 14.6. The Labute approximate surface area is 147 Å². The topological polar surface area (TPSA) is 77.1 Å². The fourth-order valence-corrected chi connectivity index (χ4v) is 3.22. The number of carbonyl (C=O) groups is 2. The van der Waals surface area contributed by atoms with Gasteiger partial charge in [0.1, 0.15) is 13.2 Å². The summed E-state index contributed by atoms with van der Waals surface area (Å²) in [6, 6.07) is 5.12. The van der Waals surface area contributed by atoms with Crippen molar-refractivity contribution in [2.45, 2.75) is 25.8 Å². The van der Waals surface area contributed by atoms with Crippen molar-refractivity contribution in [3.05, 3.63) is 18.2 Å². The number of likely N-dealkylation sites (tertiary alicyclic amines) is 1. The van der Waals surface area contributed by atoms with E-state index in [1.807, 2.05) is 13.0 Å². The van der Waals surface area contributed by atoms with Gasteiger partial charge in [-0.2, -0.15) is 0 Å². The highest BCUT2D eigenvalue weighted by atomic mass is 16.6. The normalized spacial score (nSPS) is 19.1. The summed E-state index contributed by atoms with van der Waals surface area (Å²) in [7, 11) is 1.41. The minimum Gasteiger partial charge on any atom is -0.486 e. The zero-order valence-electron chi connectivity index (χ0n) is 14.6. The van der Waals surface area contributed by atoms with Crippen molar-refractivity contribution in [1.29, 1.82) is 0 Å². The molecule has 1 atom stereocenters. The fourth-order valence-electron chi connectivity index (χ4n) is 3.22. The molecule has 136 valence electrons. The van der Waals surface area contributed by atoms with Gasteiger partial charge in [0, 0.05) is 11.8 Å². The van der Waals surface area contributed by atoms with Gasteiger partial charge in [-0.05, 0) is 45.0 Å². The number of anilines is 1. The van der Waals surface area contributed by atoms with Gasteiger partial charge in [0.2, 0.25) is 5.91 Å². The fraction of sp³-hybridized carbons (Fsp3) is 0.556. The third kappa shape index (κ3) is 4.04. The average molecular weight is 348 g/mol. The molecule has 1 aromatic rings. The van der Waals surface area contributed by atoms with Crippen LogP contribution in [-0.2, 0) is 14.3 Å². The molecular weight excluding hydrogens is 324 g/mol. The highest BCUT2D eigenvalue weighted by molar-refractivity contribution is 5.94. The Bertz CT molecular complexity index is 640. The molecule has 2 aliphatic rings. The zero-order chi connectivity index (χ0) is 17.8. The average Bonchev–Trinajstić information content (AvgIpc) is 2.66. The predicted molar refractivity (Wildman–Crippen MR) is 91.8 cm³/mol. The van der Waals surface area contributed by atoms with Crippen molar-refractivity contribution in [2.75, 3.05) is 38.7 Å². The van der Waals surface area contributed by atoms with Crippen LogP contribution < -0.4 is 14.8 Å². The van der Waals surface area contributed by atoms with Gasteiger partial charge < -0.3 is 19.5 Å². The number of hydrogen-bond acceptors (Lipinski definition) is 6. The van der Waals surface area contributed by atoms with E-state index in [-0.39, 0.29) is 23.8 Å². The third-order valence-corrected chi connectivity index (χ3v) is 4.80. The molecule has 1 fully saturated rings. The van der Waals surface area contributed by atoms with Gasteiger partial charge in [-0.1, -0.05) is 0 Å². The van der Waals surface area contributed by atoms with E-state index in [1.165, 1.54) is 7.11 Å². The standard InChI is InChI=1S/C18H24N2O5/c1-12(20-7-5-13(6-8-20)18(22)23-2)17(21)19-14-3-4-15-16(11-14)25-10-9-24-15/h3-4,11-13H,5-10H2,1-2H3,(H,19,21)/t12-/m1/s1. The van der Waals surface area contributed by atoms with Crippen molar-refractivity contribution in [1.82, 2.24) is 4.90 Å². The van der Waals surface area contributed by atoms with Crippen LogP contribution in [-0.4, -0.2) is 56.2 Å². The van der Waals surface area contributed by atoms with E-state index in [9.17, 15) is 9.59 Å². The lowest BCUT2D eigenvalue weighted by molar-refractivity contribution is -0.147. The minimum atomic E-state index is -0.271. The predicted octanol–water partition coefficient (Wildman–Crippen LogP) is 1.67. The van der Waals surface area contributed by atoms with Crippen LogP contribution in [0.3, 0.4) is 0 Å². The van der Waals surface area contributed by atoms with Gasteiger partial charge in [0.25, 0.3) is 0 Å². The molecule has 2 aliphatic heterocycles. The van der Waals surface area contributed by atoms with Crippen molar-refractivity contribution < 1.29 is 23.8 Å². The highest BCUT2D eigenvalue weighted by Gasteiger charge is 2.30. The van der Waals surface area contributed by atoms with E-state index in [1.54, 1.807) is 12.1 Å². The molecule has 0 aromatic heterocycles. The van der Waals surface area contributed by atoms with E-state index >= 15 is 0 Å². The van der Waals surface area contributed by atoms with E-state index in [0.717, 1.165) is 0 Å².